The molecule has 2 heterocycles. The Labute approximate surface area is 171 Å². The van der Waals surface area contributed by atoms with Crippen LogP contribution in [-0.4, -0.2) is 50.7 Å². The standard InChI is InChI=1S/C19H28N4O3S2/c1-13(23-10-8-14(9-11-23)22-28(2,25)26)18(24)21-19-16(12-20)15-6-4-3-5-7-17(15)27-19/h13-14,22H,3-11H2,1-2H3,(H,21,24)/t13-/m1/s1. The number of nitrogens with one attached hydrogen (secondary N) is 2. The van der Waals surface area contributed by atoms with Crippen LogP contribution in [0, 0.1) is 11.3 Å². The Balaban J connectivity index is 1.62. The summed E-state index contributed by atoms with van der Waals surface area (Å²) in [6.07, 6.45) is 7.86. The van der Waals surface area contributed by atoms with E-state index in [1.54, 1.807) is 11.3 Å². The fourth-order valence-electron chi connectivity index (χ4n) is 4.04. The molecule has 2 N–H and O–H groups in total. The molecule has 1 aromatic rings. The average molecular weight is 425 g/mol. The van der Waals surface area contributed by atoms with Gasteiger partial charge in [-0.25, -0.2) is 13.1 Å². The smallest absolute Gasteiger partial charge is 0.242 e. The van der Waals surface area contributed by atoms with Gasteiger partial charge in [0.15, 0.2) is 0 Å². The van der Waals surface area contributed by atoms with E-state index in [4.69, 9.17) is 0 Å². The van der Waals surface area contributed by atoms with Gasteiger partial charge in [0, 0.05) is 24.0 Å². The maximum absolute atomic E-state index is 12.8. The summed E-state index contributed by atoms with van der Waals surface area (Å²) in [6, 6.07) is 1.90. The van der Waals surface area contributed by atoms with Gasteiger partial charge in [0.05, 0.1) is 17.9 Å². The highest BCUT2D eigenvalue weighted by Gasteiger charge is 2.29. The summed E-state index contributed by atoms with van der Waals surface area (Å²) in [5, 5.41) is 13.3. The fourth-order valence-corrected chi connectivity index (χ4v) is 6.12. The van der Waals surface area contributed by atoms with Crippen LogP contribution in [0.15, 0.2) is 0 Å². The van der Waals surface area contributed by atoms with Gasteiger partial charge in [0.1, 0.15) is 11.1 Å². The number of piperidine rings is 1. The van der Waals surface area contributed by atoms with Gasteiger partial charge in [-0.3, -0.25) is 9.69 Å². The van der Waals surface area contributed by atoms with Crippen molar-refractivity contribution in [1.29, 1.82) is 5.26 Å². The molecule has 0 radical (unpaired) electrons. The van der Waals surface area contributed by atoms with E-state index in [0.717, 1.165) is 31.2 Å². The van der Waals surface area contributed by atoms with Gasteiger partial charge in [-0.05, 0) is 51.0 Å². The molecule has 1 amide bonds. The maximum Gasteiger partial charge on any atom is 0.242 e. The summed E-state index contributed by atoms with van der Waals surface area (Å²) in [5.74, 6) is -0.109. The molecule has 1 aromatic heterocycles. The number of carbonyl (C=O) groups excluding carboxylic acids is 1. The predicted molar refractivity (Wildman–Crippen MR) is 111 cm³/mol. The Morgan fingerprint density at radius 3 is 2.57 bits per heavy atom. The molecule has 9 heteroatoms. The van der Waals surface area contributed by atoms with Gasteiger partial charge in [-0.15, -0.1) is 11.3 Å². The number of hydrogen-bond acceptors (Lipinski definition) is 6. The normalized spacial score (nSPS) is 20.0. The third-order valence-electron chi connectivity index (χ3n) is 5.61. The lowest BCUT2D eigenvalue weighted by Crippen LogP contribution is -2.50. The summed E-state index contributed by atoms with van der Waals surface area (Å²) in [6.45, 7) is 3.19. The van der Waals surface area contributed by atoms with Crippen molar-refractivity contribution in [2.75, 3.05) is 24.7 Å². The van der Waals surface area contributed by atoms with E-state index in [1.165, 1.54) is 17.6 Å². The van der Waals surface area contributed by atoms with E-state index in [-0.39, 0.29) is 18.0 Å². The highest BCUT2D eigenvalue weighted by molar-refractivity contribution is 7.88. The quantitative estimate of drug-likeness (QED) is 0.706. The van der Waals surface area contributed by atoms with Crippen LogP contribution in [0.25, 0.3) is 0 Å². The molecule has 1 atom stereocenters. The molecule has 1 saturated heterocycles. The van der Waals surface area contributed by atoms with Gasteiger partial charge < -0.3 is 5.32 Å². The predicted octanol–water partition coefficient (Wildman–Crippen LogP) is 2.23. The van der Waals surface area contributed by atoms with Crippen LogP contribution in [0.1, 0.15) is 55.0 Å². The molecule has 1 aliphatic heterocycles. The average Bonchev–Trinajstić information content (AvgIpc) is 2.80. The van der Waals surface area contributed by atoms with Crippen molar-refractivity contribution in [2.24, 2.45) is 0 Å². The minimum absolute atomic E-state index is 0.0698. The molecular weight excluding hydrogens is 396 g/mol. The van der Waals surface area contributed by atoms with Gasteiger partial charge in [-0.2, -0.15) is 5.26 Å². The lowest BCUT2D eigenvalue weighted by molar-refractivity contribution is -0.121. The largest absolute Gasteiger partial charge is 0.315 e. The number of likely N-dealkylation sites (tertiary alicyclic amines) is 1. The second kappa shape index (κ2) is 8.91. The first kappa shape index (κ1) is 21.2. The topological polar surface area (TPSA) is 102 Å². The number of thiophene rings is 1. The molecule has 0 unspecified atom stereocenters. The summed E-state index contributed by atoms with van der Waals surface area (Å²) in [4.78, 5) is 16.1. The van der Waals surface area contributed by atoms with E-state index in [1.807, 2.05) is 6.92 Å². The number of amides is 1. The fraction of sp³-hybridized carbons (Fsp3) is 0.684. The second-order valence-electron chi connectivity index (χ2n) is 7.75. The van der Waals surface area contributed by atoms with E-state index in [9.17, 15) is 18.5 Å². The Bertz CT molecular complexity index is 864. The van der Waals surface area contributed by atoms with Gasteiger partial charge in [-0.1, -0.05) is 6.42 Å². The van der Waals surface area contributed by atoms with Crippen LogP contribution in [-0.2, 0) is 27.7 Å². The number of nitrogens with zero attached hydrogens (tertiary/aromatic N) is 2. The van der Waals surface area contributed by atoms with E-state index in [0.29, 0.717) is 36.5 Å². The van der Waals surface area contributed by atoms with Crippen molar-refractivity contribution >= 4 is 32.3 Å². The number of rotatable bonds is 5. The lowest BCUT2D eigenvalue weighted by Gasteiger charge is -2.35. The van der Waals surface area contributed by atoms with E-state index < -0.39 is 10.0 Å². The zero-order valence-electron chi connectivity index (χ0n) is 16.5. The molecule has 1 fully saturated rings. The minimum Gasteiger partial charge on any atom is -0.315 e. The summed E-state index contributed by atoms with van der Waals surface area (Å²) in [7, 11) is -3.21. The summed E-state index contributed by atoms with van der Waals surface area (Å²) >= 11 is 1.55. The highest BCUT2D eigenvalue weighted by atomic mass is 32.2. The van der Waals surface area contributed by atoms with Crippen LogP contribution < -0.4 is 10.0 Å². The number of sulfonamides is 1. The molecule has 1 aliphatic carbocycles. The Kier molecular flexibility index (Phi) is 6.76. The van der Waals surface area contributed by atoms with Crippen LogP contribution in [0.3, 0.4) is 0 Å². The van der Waals surface area contributed by atoms with Crippen molar-refractivity contribution in [1.82, 2.24) is 9.62 Å². The summed E-state index contributed by atoms with van der Waals surface area (Å²) in [5.41, 5.74) is 1.76. The first-order chi connectivity index (χ1) is 13.3. The van der Waals surface area contributed by atoms with Crippen molar-refractivity contribution in [3.63, 3.8) is 0 Å². The monoisotopic (exact) mass is 424 g/mol. The zero-order valence-corrected chi connectivity index (χ0v) is 18.1. The molecule has 0 bridgehead atoms. The number of aryl methyl sites for hydroxylation is 1. The van der Waals surface area contributed by atoms with Crippen molar-refractivity contribution in [3.05, 3.63) is 16.0 Å². The van der Waals surface area contributed by atoms with Crippen LogP contribution in [0.5, 0.6) is 0 Å². The third-order valence-corrected chi connectivity index (χ3v) is 7.58. The van der Waals surface area contributed by atoms with Crippen LogP contribution >= 0.6 is 11.3 Å². The Morgan fingerprint density at radius 2 is 1.93 bits per heavy atom. The number of fused-ring (bicyclic) bond motifs is 1. The number of hydrogen-bond donors (Lipinski definition) is 2. The molecule has 0 spiro atoms. The summed E-state index contributed by atoms with van der Waals surface area (Å²) < 4.78 is 25.4. The van der Waals surface area contributed by atoms with E-state index >= 15 is 0 Å². The number of anilines is 1. The SMILES string of the molecule is C[C@H](C(=O)Nc1sc2c(c1C#N)CCCCC2)N1CCC(NS(C)(=O)=O)CC1. The minimum atomic E-state index is -3.21. The number of carbonyl (C=O) groups is 1. The van der Waals surface area contributed by atoms with Crippen molar-refractivity contribution in [2.45, 2.75) is 64.0 Å². The lowest BCUT2D eigenvalue weighted by atomic mass is 10.0. The molecular formula is C19H28N4O3S2. The molecule has 0 saturated carbocycles. The maximum atomic E-state index is 12.8. The van der Waals surface area contributed by atoms with Gasteiger partial charge in [0.2, 0.25) is 15.9 Å². The van der Waals surface area contributed by atoms with E-state index in [2.05, 4.69) is 21.0 Å². The first-order valence-corrected chi connectivity index (χ1v) is 12.6. The highest BCUT2D eigenvalue weighted by Crippen LogP contribution is 2.37. The molecule has 7 nitrogen and oxygen atoms in total. The molecule has 154 valence electrons. The van der Waals surface area contributed by atoms with Crippen LogP contribution in [0.2, 0.25) is 0 Å². The molecule has 0 aromatic carbocycles. The Hall–Kier alpha value is -1.47. The Morgan fingerprint density at radius 1 is 1.25 bits per heavy atom. The van der Waals surface area contributed by atoms with Crippen LogP contribution in [0.4, 0.5) is 5.00 Å². The van der Waals surface area contributed by atoms with Crippen molar-refractivity contribution in [3.8, 4) is 6.07 Å². The van der Waals surface area contributed by atoms with Gasteiger partial charge >= 0.3 is 0 Å². The zero-order chi connectivity index (χ0) is 20.3. The third kappa shape index (κ3) is 5.11. The molecule has 2 aliphatic rings. The second-order valence-corrected chi connectivity index (χ2v) is 10.6. The number of nitriles is 1. The first-order valence-electron chi connectivity index (χ1n) is 9.85. The van der Waals surface area contributed by atoms with Gasteiger partial charge in [0.25, 0.3) is 0 Å². The molecule has 28 heavy (non-hydrogen) atoms. The van der Waals surface area contributed by atoms with Crippen molar-refractivity contribution < 1.29 is 13.2 Å². The molecule has 3 rings (SSSR count).